The van der Waals surface area contributed by atoms with Crippen LogP contribution in [0.5, 0.6) is 0 Å². The number of benzene rings is 1. The summed E-state index contributed by atoms with van der Waals surface area (Å²) in [5, 5.41) is -0.419. The highest BCUT2D eigenvalue weighted by molar-refractivity contribution is 7.92. The molecule has 0 amide bonds. The number of methoxy groups -OCH3 is 1. The summed E-state index contributed by atoms with van der Waals surface area (Å²) in [6, 6.07) is 9.72. The number of hydrogen-bond donors (Lipinski definition) is 1. The van der Waals surface area contributed by atoms with E-state index in [1.165, 1.54) is 0 Å². The van der Waals surface area contributed by atoms with Gasteiger partial charge in [0.05, 0.1) is 11.9 Å². The Bertz CT molecular complexity index is 529. The lowest BCUT2D eigenvalue weighted by Gasteiger charge is -2.14. The van der Waals surface area contributed by atoms with Gasteiger partial charge in [-0.1, -0.05) is 37.3 Å². The Hall–Kier alpha value is -0.910. The van der Waals surface area contributed by atoms with Gasteiger partial charge in [0.25, 0.3) is 0 Å². The second-order valence-electron chi connectivity index (χ2n) is 5.13. The van der Waals surface area contributed by atoms with Crippen LogP contribution in [-0.2, 0) is 14.6 Å². The van der Waals surface area contributed by atoms with Crippen LogP contribution in [0.15, 0.2) is 30.3 Å². The van der Waals surface area contributed by atoms with Gasteiger partial charge in [0.15, 0.2) is 9.84 Å². The molecule has 4 nitrogen and oxygen atoms in total. The molecule has 0 spiro atoms. The molecule has 19 heavy (non-hydrogen) atoms. The highest BCUT2D eigenvalue weighted by Crippen LogP contribution is 2.62. The predicted molar refractivity (Wildman–Crippen MR) is 75.8 cm³/mol. The molecule has 1 saturated carbocycles. The molecular formula is C14H21NO3S. The van der Waals surface area contributed by atoms with E-state index in [2.05, 4.69) is 0 Å². The molecule has 1 aliphatic rings. The van der Waals surface area contributed by atoms with E-state index in [0.29, 0.717) is 13.2 Å². The first kappa shape index (κ1) is 14.5. The van der Waals surface area contributed by atoms with E-state index in [9.17, 15) is 8.42 Å². The lowest BCUT2D eigenvalue weighted by atomic mass is 10.0. The lowest BCUT2D eigenvalue weighted by molar-refractivity contribution is 0.142. The van der Waals surface area contributed by atoms with E-state index < -0.39 is 20.5 Å². The van der Waals surface area contributed by atoms with Crippen molar-refractivity contribution in [2.75, 3.05) is 26.0 Å². The van der Waals surface area contributed by atoms with Crippen molar-refractivity contribution in [1.82, 2.24) is 0 Å². The molecule has 1 aliphatic carbocycles. The van der Waals surface area contributed by atoms with Crippen molar-refractivity contribution in [1.29, 1.82) is 0 Å². The van der Waals surface area contributed by atoms with Crippen LogP contribution in [-0.4, -0.2) is 39.7 Å². The number of nitrogens with two attached hydrogens (primary N) is 1. The molecule has 1 fully saturated rings. The van der Waals surface area contributed by atoms with Crippen LogP contribution >= 0.6 is 0 Å². The number of ether oxygens (including phenoxy) is 1. The number of hydrogen-bond acceptors (Lipinski definition) is 4. The zero-order chi connectivity index (χ0) is 14.1. The molecule has 1 aromatic rings. The Morgan fingerprint density at radius 3 is 2.42 bits per heavy atom. The van der Waals surface area contributed by atoms with E-state index >= 15 is 0 Å². The molecular weight excluding hydrogens is 262 g/mol. The number of rotatable bonds is 6. The van der Waals surface area contributed by atoms with Crippen LogP contribution in [0.1, 0.15) is 18.4 Å². The van der Waals surface area contributed by atoms with Crippen LogP contribution in [0.4, 0.5) is 0 Å². The van der Waals surface area contributed by atoms with Gasteiger partial charge in [-0.3, -0.25) is 0 Å². The first-order valence-corrected chi connectivity index (χ1v) is 8.20. The minimum absolute atomic E-state index is 0.0522. The zero-order valence-electron chi connectivity index (χ0n) is 11.4. The smallest absolute Gasteiger partial charge is 0.154 e. The summed E-state index contributed by atoms with van der Waals surface area (Å²) in [5.41, 5.74) is 6.45. The van der Waals surface area contributed by atoms with Gasteiger partial charge in [0.1, 0.15) is 0 Å². The molecule has 0 unspecified atom stereocenters. The molecule has 0 saturated heterocycles. The average Bonchev–Trinajstić information content (AvgIpc) is 3.10. The van der Waals surface area contributed by atoms with E-state index in [4.69, 9.17) is 10.5 Å². The maximum Gasteiger partial charge on any atom is 0.154 e. The highest BCUT2D eigenvalue weighted by atomic mass is 32.2. The molecule has 0 aromatic heterocycles. The Morgan fingerprint density at radius 1 is 1.32 bits per heavy atom. The Labute approximate surface area is 114 Å². The normalized spacial score (nSPS) is 30.3. The molecule has 106 valence electrons. The standard InChI is InChI=1S/C14H21NO3S/c1-3-19(16,17)13-12(11-7-5-4-6-8-11)14(13,9-15)10-18-2/h4-8,12-13H,3,9-10,15H2,1-2H3/t12-,13+,14+/m0/s1. The molecule has 0 aliphatic heterocycles. The summed E-state index contributed by atoms with van der Waals surface area (Å²) >= 11 is 0. The van der Waals surface area contributed by atoms with Gasteiger partial charge in [-0.2, -0.15) is 0 Å². The van der Waals surface area contributed by atoms with Gasteiger partial charge in [-0.15, -0.1) is 0 Å². The highest BCUT2D eigenvalue weighted by Gasteiger charge is 2.69. The van der Waals surface area contributed by atoms with Gasteiger partial charge in [0, 0.05) is 30.7 Å². The van der Waals surface area contributed by atoms with Crippen LogP contribution in [0, 0.1) is 5.41 Å². The molecule has 0 bridgehead atoms. The van der Waals surface area contributed by atoms with Gasteiger partial charge in [-0.05, 0) is 5.56 Å². The topological polar surface area (TPSA) is 69.4 Å². The van der Waals surface area contributed by atoms with Crippen molar-refractivity contribution in [2.24, 2.45) is 11.1 Å². The molecule has 0 radical (unpaired) electrons. The summed E-state index contributed by atoms with van der Waals surface area (Å²) < 4.78 is 29.8. The largest absolute Gasteiger partial charge is 0.384 e. The maximum absolute atomic E-state index is 12.3. The van der Waals surface area contributed by atoms with Crippen molar-refractivity contribution in [3.8, 4) is 0 Å². The van der Waals surface area contributed by atoms with Gasteiger partial charge >= 0.3 is 0 Å². The Kier molecular flexibility index (Phi) is 3.99. The second kappa shape index (κ2) is 5.23. The van der Waals surface area contributed by atoms with Crippen molar-refractivity contribution in [3.63, 3.8) is 0 Å². The monoisotopic (exact) mass is 283 g/mol. The van der Waals surface area contributed by atoms with Gasteiger partial charge in [-0.25, -0.2) is 8.42 Å². The summed E-state index contributed by atoms with van der Waals surface area (Å²) in [5.74, 6) is 0.0931. The lowest BCUT2D eigenvalue weighted by Crippen LogP contribution is -2.28. The molecule has 2 rings (SSSR count). The molecule has 0 heterocycles. The van der Waals surface area contributed by atoms with Gasteiger partial charge < -0.3 is 10.5 Å². The third kappa shape index (κ3) is 2.30. The maximum atomic E-state index is 12.3. The zero-order valence-corrected chi connectivity index (χ0v) is 12.2. The van der Waals surface area contributed by atoms with Gasteiger partial charge in [0.2, 0.25) is 0 Å². The first-order chi connectivity index (χ1) is 9.03. The minimum Gasteiger partial charge on any atom is -0.384 e. The van der Waals surface area contributed by atoms with Crippen LogP contribution in [0.25, 0.3) is 0 Å². The van der Waals surface area contributed by atoms with Crippen LogP contribution in [0.3, 0.4) is 0 Å². The molecule has 1 aromatic carbocycles. The Morgan fingerprint density at radius 2 is 1.95 bits per heavy atom. The fraction of sp³-hybridized carbons (Fsp3) is 0.571. The summed E-state index contributed by atoms with van der Waals surface area (Å²) in [7, 11) is -1.53. The van der Waals surface area contributed by atoms with Crippen LogP contribution < -0.4 is 5.73 Å². The summed E-state index contributed by atoms with van der Waals surface area (Å²) in [6.07, 6.45) is 0. The third-order valence-electron chi connectivity index (χ3n) is 4.12. The quantitative estimate of drug-likeness (QED) is 0.851. The van der Waals surface area contributed by atoms with Crippen molar-refractivity contribution < 1.29 is 13.2 Å². The van der Waals surface area contributed by atoms with Crippen molar-refractivity contribution in [2.45, 2.75) is 18.1 Å². The minimum atomic E-state index is -3.12. The summed E-state index contributed by atoms with van der Waals surface area (Å²) in [6.45, 7) is 2.39. The van der Waals surface area contributed by atoms with Crippen molar-refractivity contribution in [3.05, 3.63) is 35.9 Å². The number of sulfone groups is 1. The molecule has 5 heteroatoms. The average molecular weight is 283 g/mol. The SMILES string of the molecule is CCS(=O)(=O)[C@@H]1[C@H](c2ccccc2)[C@@]1(CN)COC. The van der Waals surface area contributed by atoms with E-state index in [-0.39, 0.29) is 11.7 Å². The fourth-order valence-electron chi connectivity index (χ4n) is 3.11. The van der Waals surface area contributed by atoms with E-state index in [1.807, 2.05) is 30.3 Å². The molecule has 2 N–H and O–H groups in total. The third-order valence-corrected chi connectivity index (χ3v) is 6.44. The predicted octanol–water partition coefficient (Wildman–Crippen LogP) is 1.18. The summed E-state index contributed by atoms with van der Waals surface area (Å²) in [4.78, 5) is 0. The van der Waals surface area contributed by atoms with Crippen LogP contribution in [0.2, 0.25) is 0 Å². The fourth-order valence-corrected chi connectivity index (χ4v) is 5.26. The second-order valence-corrected chi connectivity index (χ2v) is 7.54. The Balaban J connectivity index is 2.41. The van der Waals surface area contributed by atoms with E-state index in [0.717, 1.165) is 5.56 Å². The van der Waals surface area contributed by atoms with Crippen molar-refractivity contribution >= 4 is 9.84 Å². The first-order valence-electron chi connectivity index (χ1n) is 6.49. The molecule has 3 atom stereocenters. The van der Waals surface area contributed by atoms with E-state index in [1.54, 1.807) is 14.0 Å².